The number of aryl methyl sites for hydroxylation is 1. The number of carbonyl (C=O) groups excluding carboxylic acids is 2. The van der Waals surface area contributed by atoms with E-state index in [4.69, 9.17) is 0 Å². The van der Waals surface area contributed by atoms with Crippen LogP contribution in [0.15, 0.2) is 78.9 Å². The zero-order valence-electron chi connectivity index (χ0n) is 24.1. The predicted molar refractivity (Wildman–Crippen MR) is 162 cm³/mol. The number of carbonyl (C=O) groups is 2. The second-order valence-corrected chi connectivity index (χ2v) is 12.4. The average molecular weight is 564 g/mol. The molecular weight excluding hydrogens is 522 g/mol. The van der Waals surface area contributed by atoms with Crippen LogP contribution in [-0.4, -0.2) is 50.0 Å². The molecule has 3 rings (SSSR count). The summed E-state index contributed by atoms with van der Waals surface area (Å²) in [5.74, 6) is -0.408. The molecular formula is C32H41N3O4S. The van der Waals surface area contributed by atoms with Gasteiger partial charge in [0.2, 0.25) is 21.8 Å². The summed E-state index contributed by atoms with van der Waals surface area (Å²) in [6.45, 7) is 8.07. The summed E-state index contributed by atoms with van der Waals surface area (Å²) in [6.07, 6.45) is 1.97. The lowest BCUT2D eigenvalue weighted by Gasteiger charge is -2.32. The van der Waals surface area contributed by atoms with Crippen LogP contribution in [-0.2, 0) is 32.6 Å². The Morgan fingerprint density at radius 1 is 0.850 bits per heavy atom. The van der Waals surface area contributed by atoms with Crippen LogP contribution in [0.3, 0.4) is 0 Å². The number of anilines is 1. The van der Waals surface area contributed by atoms with E-state index in [1.54, 1.807) is 11.0 Å². The fourth-order valence-electron chi connectivity index (χ4n) is 4.70. The Bertz CT molecular complexity index is 1380. The molecule has 0 bridgehead atoms. The molecule has 3 aromatic rings. The van der Waals surface area contributed by atoms with Crippen LogP contribution in [0.25, 0.3) is 0 Å². The van der Waals surface area contributed by atoms with Gasteiger partial charge < -0.3 is 10.2 Å². The number of hydrogen-bond donors (Lipinski definition) is 1. The molecule has 214 valence electrons. The minimum Gasteiger partial charge on any atom is -0.352 e. The molecule has 40 heavy (non-hydrogen) atoms. The van der Waals surface area contributed by atoms with Gasteiger partial charge >= 0.3 is 0 Å². The van der Waals surface area contributed by atoms with E-state index in [0.29, 0.717) is 18.5 Å². The molecule has 0 saturated heterocycles. The summed E-state index contributed by atoms with van der Waals surface area (Å²) in [6, 6.07) is 24.0. The standard InChI is InChI=1S/C32H41N3O4S/c1-24(2)33-32(37)30(22-27-15-8-6-9-16-27)34(23-28-17-10-7-11-18-28)31(36)20-13-21-35(40(5,38)39)29-19-12-14-25(3)26(29)4/h6-12,14-19,24,30H,13,20-23H2,1-5H3,(H,33,37)/t30-/m0/s1. The van der Waals surface area contributed by atoms with Gasteiger partial charge in [0, 0.05) is 32.0 Å². The molecule has 0 spiro atoms. The Labute approximate surface area is 239 Å². The fraction of sp³-hybridized carbons (Fsp3) is 0.375. The SMILES string of the molecule is Cc1cccc(N(CCCC(=O)N(Cc2ccccc2)[C@@H](Cc2ccccc2)C(=O)NC(C)C)S(C)(=O)=O)c1C. The van der Waals surface area contributed by atoms with Gasteiger partial charge in [-0.25, -0.2) is 8.42 Å². The molecule has 0 fully saturated rings. The lowest BCUT2D eigenvalue weighted by Crippen LogP contribution is -2.51. The van der Waals surface area contributed by atoms with Gasteiger partial charge in [-0.3, -0.25) is 13.9 Å². The molecule has 0 heterocycles. The first-order valence-corrected chi connectivity index (χ1v) is 15.5. The Morgan fingerprint density at radius 3 is 2.02 bits per heavy atom. The van der Waals surface area contributed by atoms with Crippen molar-refractivity contribution in [2.24, 2.45) is 0 Å². The van der Waals surface area contributed by atoms with E-state index in [2.05, 4.69) is 5.32 Å². The van der Waals surface area contributed by atoms with Gasteiger partial charge in [0.1, 0.15) is 6.04 Å². The molecule has 1 atom stereocenters. The van der Waals surface area contributed by atoms with E-state index in [0.717, 1.165) is 22.3 Å². The normalized spacial score (nSPS) is 12.2. The van der Waals surface area contributed by atoms with E-state index >= 15 is 0 Å². The quantitative estimate of drug-likeness (QED) is 0.317. The third-order valence-corrected chi connectivity index (χ3v) is 8.07. The van der Waals surface area contributed by atoms with Crippen molar-refractivity contribution < 1.29 is 18.0 Å². The predicted octanol–water partition coefficient (Wildman–Crippen LogP) is 5.01. The highest BCUT2D eigenvalue weighted by atomic mass is 32.2. The van der Waals surface area contributed by atoms with Gasteiger partial charge in [-0.2, -0.15) is 0 Å². The van der Waals surface area contributed by atoms with Gasteiger partial charge in [-0.05, 0) is 62.4 Å². The zero-order valence-corrected chi connectivity index (χ0v) is 24.9. The smallest absolute Gasteiger partial charge is 0.243 e. The molecule has 8 heteroatoms. The van der Waals surface area contributed by atoms with E-state index < -0.39 is 16.1 Å². The fourth-order valence-corrected chi connectivity index (χ4v) is 5.72. The van der Waals surface area contributed by atoms with E-state index in [9.17, 15) is 18.0 Å². The van der Waals surface area contributed by atoms with Crippen molar-refractivity contribution in [3.8, 4) is 0 Å². The van der Waals surface area contributed by atoms with E-state index in [1.165, 1.54) is 10.6 Å². The summed E-state index contributed by atoms with van der Waals surface area (Å²) in [4.78, 5) is 28.9. The van der Waals surface area contributed by atoms with Crippen LogP contribution < -0.4 is 9.62 Å². The molecule has 3 aromatic carbocycles. The van der Waals surface area contributed by atoms with Gasteiger partial charge in [-0.1, -0.05) is 72.8 Å². The van der Waals surface area contributed by atoms with Gasteiger partial charge in [0.25, 0.3) is 0 Å². The summed E-state index contributed by atoms with van der Waals surface area (Å²) < 4.78 is 26.8. The Kier molecular flexibility index (Phi) is 10.9. The zero-order chi connectivity index (χ0) is 29.3. The largest absolute Gasteiger partial charge is 0.352 e. The topological polar surface area (TPSA) is 86.8 Å². The lowest BCUT2D eigenvalue weighted by molar-refractivity contribution is -0.141. The second kappa shape index (κ2) is 14.1. The first-order valence-electron chi connectivity index (χ1n) is 13.7. The maximum atomic E-state index is 13.8. The first kappa shape index (κ1) is 30.9. The number of benzene rings is 3. The maximum absolute atomic E-state index is 13.8. The maximum Gasteiger partial charge on any atom is 0.243 e. The number of nitrogens with zero attached hydrogens (tertiary/aromatic N) is 2. The molecule has 0 aliphatic rings. The van der Waals surface area contributed by atoms with Crippen LogP contribution >= 0.6 is 0 Å². The Hall–Kier alpha value is -3.65. The summed E-state index contributed by atoms with van der Waals surface area (Å²) >= 11 is 0. The van der Waals surface area contributed by atoms with Crippen molar-refractivity contribution >= 4 is 27.5 Å². The molecule has 1 N–H and O–H groups in total. The first-order chi connectivity index (χ1) is 19.0. The highest BCUT2D eigenvalue weighted by Gasteiger charge is 2.31. The number of amides is 2. The van der Waals surface area contributed by atoms with Crippen LogP contribution in [0.5, 0.6) is 0 Å². The molecule has 0 aliphatic carbocycles. The lowest BCUT2D eigenvalue weighted by atomic mass is 10.0. The number of sulfonamides is 1. The summed E-state index contributed by atoms with van der Waals surface area (Å²) in [5.41, 5.74) is 4.37. The van der Waals surface area contributed by atoms with Gasteiger partial charge in [0.15, 0.2) is 0 Å². The molecule has 0 aliphatic heterocycles. The summed E-state index contributed by atoms with van der Waals surface area (Å²) in [7, 11) is -3.56. The molecule has 0 radical (unpaired) electrons. The van der Waals surface area contributed by atoms with Crippen molar-refractivity contribution in [3.05, 3.63) is 101 Å². The highest BCUT2D eigenvalue weighted by molar-refractivity contribution is 7.92. The van der Waals surface area contributed by atoms with Crippen molar-refractivity contribution in [2.75, 3.05) is 17.1 Å². The van der Waals surface area contributed by atoms with Crippen molar-refractivity contribution in [3.63, 3.8) is 0 Å². The third kappa shape index (κ3) is 8.68. The molecule has 7 nitrogen and oxygen atoms in total. The van der Waals surface area contributed by atoms with Crippen LogP contribution in [0.2, 0.25) is 0 Å². The summed E-state index contributed by atoms with van der Waals surface area (Å²) in [5, 5.41) is 2.99. The number of hydrogen-bond acceptors (Lipinski definition) is 4. The van der Waals surface area contributed by atoms with E-state index in [1.807, 2.05) is 100 Å². The van der Waals surface area contributed by atoms with Gasteiger partial charge in [0.05, 0.1) is 11.9 Å². The Balaban J connectivity index is 1.88. The highest BCUT2D eigenvalue weighted by Crippen LogP contribution is 2.26. The molecule has 0 aromatic heterocycles. The third-order valence-electron chi connectivity index (χ3n) is 6.89. The molecule has 2 amide bonds. The second-order valence-electron chi connectivity index (χ2n) is 10.5. The number of rotatable bonds is 13. The van der Waals surface area contributed by atoms with Crippen LogP contribution in [0, 0.1) is 13.8 Å². The molecule has 0 saturated carbocycles. The minimum absolute atomic E-state index is 0.0830. The van der Waals surface area contributed by atoms with Crippen LogP contribution in [0.1, 0.15) is 48.9 Å². The van der Waals surface area contributed by atoms with Crippen molar-refractivity contribution in [1.82, 2.24) is 10.2 Å². The number of nitrogens with one attached hydrogen (secondary N) is 1. The van der Waals surface area contributed by atoms with Crippen LogP contribution in [0.4, 0.5) is 5.69 Å². The van der Waals surface area contributed by atoms with Crippen molar-refractivity contribution in [2.45, 2.75) is 65.6 Å². The average Bonchev–Trinajstić information content (AvgIpc) is 2.90. The Morgan fingerprint density at radius 2 is 1.45 bits per heavy atom. The monoisotopic (exact) mass is 563 g/mol. The van der Waals surface area contributed by atoms with Crippen molar-refractivity contribution in [1.29, 1.82) is 0 Å². The van der Waals surface area contributed by atoms with E-state index in [-0.39, 0.29) is 37.4 Å². The molecule has 0 unspecified atom stereocenters. The minimum atomic E-state index is -3.56. The van der Waals surface area contributed by atoms with Gasteiger partial charge in [-0.15, -0.1) is 0 Å².